The van der Waals surface area contributed by atoms with Gasteiger partial charge in [-0.3, -0.25) is 4.79 Å². The van der Waals surface area contributed by atoms with Crippen LogP contribution in [0.3, 0.4) is 0 Å². The number of rotatable bonds is 3. The van der Waals surface area contributed by atoms with E-state index in [2.05, 4.69) is 31.2 Å². The van der Waals surface area contributed by atoms with E-state index in [1.807, 2.05) is 24.0 Å². The van der Waals surface area contributed by atoms with Crippen molar-refractivity contribution in [1.82, 2.24) is 4.90 Å². The molecule has 0 radical (unpaired) electrons. The van der Waals surface area contributed by atoms with Gasteiger partial charge < -0.3 is 14.2 Å². The van der Waals surface area contributed by atoms with Gasteiger partial charge in [-0.25, -0.2) is 0 Å². The number of piperazine rings is 1. The molecule has 1 amide bonds. The highest BCUT2D eigenvalue weighted by Gasteiger charge is 2.28. The van der Waals surface area contributed by atoms with Gasteiger partial charge in [0.1, 0.15) is 5.58 Å². The summed E-state index contributed by atoms with van der Waals surface area (Å²) < 4.78 is 6.10. The monoisotopic (exact) mass is 337 g/mol. The third-order valence-corrected chi connectivity index (χ3v) is 5.38. The molecule has 1 saturated heterocycles. The number of fused-ring (bicyclic) bond motifs is 3. The Morgan fingerprint density at radius 3 is 2.64 bits per heavy atom. The minimum atomic E-state index is 0.0355. The molecule has 0 aliphatic carbocycles. The highest BCUT2D eigenvalue weighted by atomic mass is 16.3. The van der Waals surface area contributed by atoms with Crippen LogP contribution in [-0.2, 0) is 0 Å². The maximum Gasteiger partial charge on any atom is 0.290 e. The summed E-state index contributed by atoms with van der Waals surface area (Å²) in [6, 6.07) is 12.3. The Morgan fingerprint density at radius 1 is 1.12 bits per heavy atom. The molecule has 0 bridgehead atoms. The van der Waals surface area contributed by atoms with Gasteiger partial charge in [0.25, 0.3) is 5.91 Å². The molecular formula is C21H25N2O2+. The van der Waals surface area contributed by atoms with Crippen molar-refractivity contribution in [2.75, 3.05) is 32.7 Å². The minimum Gasteiger partial charge on any atom is -0.450 e. The number of hydrogen-bond donors (Lipinski definition) is 1. The van der Waals surface area contributed by atoms with Crippen molar-refractivity contribution < 1.29 is 14.1 Å². The van der Waals surface area contributed by atoms with Gasteiger partial charge in [0.05, 0.1) is 32.7 Å². The molecule has 4 nitrogen and oxygen atoms in total. The number of benzene rings is 2. The number of hydrogen-bond acceptors (Lipinski definition) is 2. The second kappa shape index (κ2) is 6.52. The zero-order chi connectivity index (χ0) is 17.4. The Bertz CT molecular complexity index is 920. The number of aryl methyl sites for hydroxylation is 1. The zero-order valence-corrected chi connectivity index (χ0v) is 15.0. The first kappa shape index (κ1) is 16.2. The molecule has 4 heteroatoms. The maximum atomic E-state index is 13.0. The van der Waals surface area contributed by atoms with Crippen LogP contribution < -0.4 is 4.90 Å². The normalized spacial score (nSPS) is 16.0. The smallest absolute Gasteiger partial charge is 0.290 e. The van der Waals surface area contributed by atoms with Crippen molar-refractivity contribution >= 4 is 27.6 Å². The fourth-order valence-electron chi connectivity index (χ4n) is 3.93. The highest BCUT2D eigenvalue weighted by Crippen LogP contribution is 2.32. The standard InChI is InChI=1S/C21H24N2O2/c1-3-10-22-11-13-23(14-12-22)21(24)19-15(2)17-9-8-16-6-4-5-7-18(16)20(17)25-19/h4-9H,3,10-14H2,1-2H3/p+1. The summed E-state index contributed by atoms with van der Waals surface area (Å²) in [7, 11) is 0. The number of furan rings is 1. The predicted molar refractivity (Wildman–Crippen MR) is 100 cm³/mol. The Labute approximate surface area is 148 Å². The maximum absolute atomic E-state index is 13.0. The second-order valence-electron chi connectivity index (χ2n) is 7.01. The van der Waals surface area contributed by atoms with Crippen molar-refractivity contribution in [2.24, 2.45) is 0 Å². The summed E-state index contributed by atoms with van der Waals surface area (Å²) in [5.41, 5.74) is 1.78. The Kier molecular flexibility index (Phi) is 4.22. The quantitative estimate of drug-likeness (QED) is 0.798. The van der Waals surface area contributed by atoms with E-state index in [4.69, 9.17) is 4.42 Å². The lowest BCUT2D eigenvalue weighted by Crippen LogP contribution is -3.14. The van der Waals surface area contributed by atoms with Gasteiger partial charge in [-0.1, -0.05) is 43.3 Å². The lowest BCUT2D eigenvalue weighted by Gasteiger charge is -2.31. The molecule has 3 aromatic rings. The minimum absolute atomic E-state index is 0.0355. The van der Waals surface area contributed by atoms with E-state index < -0.39 is 0 Å². The molecule has 4 rings (SSSR count). The summed E-state index contributed by atoms with van der Waals surface area (Å²) in [5, 5.41) is 3.25. The van der Waals surface area contributed by atoms with Gasteiger partial charge in [0.2, 0.25) is 0 Å². The summed E-state index contributed by atoms with van der Waals surface area (Å²) in [5.74, 6) is 0.540. The lowest BCUT2D eigenvalue weighted by molar-refractivity contribution is -0.904. The third-order valence-electron chi connectivity index (χ3n) is 5.38. The average Bonchev–Trinajstić information content (AvgIpc) is 2.99. The summed E-state index contributed by atoms with van der Waals surface area (Å²) >= 11 is 0. The van der Waals surface area contributed by atoms with Crippen LogP contribution in [0.25, 0.3) is 21.7 Å². The van der Waals surface area contributed by atoms with E-state index in [1.54, 1.807) is 4.90 Å². The van der Waals surface area contributed by atoms with Crippen molar-refractivity contribution in [3.63, 3.8) is 0 Å². The second-order valence-corrected chi connectivity index (χ2v) is 7.01. The van der Waals surface area contributed by atoms with E-state index in [0.29, 0.717) is 5.76 Å². The van der Waals surface area contributed by atoms with Crippen LogP contribution in [-0.4, -0.2) is 43.5 Å². The van der Waals surface area contributed by atoms with Crippen LogP contribution in [0.5, 0.6) is 0 Å². The number of quaternary nitrogens is 1. The molecule has 25 heavy (non-hydrogen) atoms. The van der Waals surface area contributed by atoms with Crippen molar-refractivity contribution in [2.45, 2.75) is 20.3 Å². The van der Waals surface area contributed by atoms with Gasteiger partial charge in [0.15, 0.2) is 5.76 Å². The zero-order valence-electron chi connectivity index (χ0n) is 15.0. The number of carbonyl (C=O) groups excluding carboxylic acids is 1. The van der Waals surface area contributed by atoms with Crippen LogP contribution in [0.1, 0.15) is 29.5 Å². The van der Waals surface area contributed by atoms with Gasteiger partial charge in [-0.2, -0.15) is 0 Å². The molecule has 1 aliphatic rings. The summed E-state index contributed by atoms with van der Waals surface area (Å²) in [4.78, 5) is 16.6. The van der Waals surface area contributed by atoms with Gasteiger partial charge in [0, 0.05) is 16.3 Å². The fourth-order valence-corrected chi connectivity index (χ4v) is 3.93. The molecule has 130 valence electrons. The number of amides is 1. The first-order chi connectivity index (χ1) is 12.2. The molecular weight excluding hydrogens is 312 g/mol. The molecule has 1 N–H and O–H groups in total. The van der Waals surface area contributed by atoms with Crippen molar-refractivity contribution in [3.05, 3.63) is 47.7 Å². The Morgan fingerprint density at radius 2 is 1.88 bits per heavy atom. The molecule has 2 aromatic carbocycles. The molecule has 2 heterocycles. The van der Waals surface area contributed by atoms with Crippen LogP contribution in [0.4, 0.5) is 0 Å². The Hall–Kier alpha value is -2.33. The largest absolute Gasteiger partial charge is 0.450 e. The molecule has 0 atom stereocenters. The molecule has 1 fully saturated rings. The van der Waals surface area contributed by atoms with Crippen LogP contribution >= 0.6 is 0 Å². The van der Waals surface area contributed by atoms with E-state index in [9.17, 15) is 4.79 Å². The van der Waals surface area contributed by atoms with Gasteiger partial charge in [-0.15, -0.1) is 0 Å². The molecule has 0 saturated carbocycles. The highest BCUT2D eigenvalue weighted by molar-refractivity contribution is 6.08. The number of nitrogens with zero attached hydrogens (tertiary/aromatic N) is 1. The topological polar surface area (TPSA) is 37.9 Å². The van der Waals surface area contributed by atoms with Gasteiger partial charge >= 0.3 is 0 Å². The van der Waals surface area contributed by atoms with E-state index >= 15 is 0 Å². The predicted octanol–water partition coefficient (Wildman–Crippen LogP) is 2.65. The van der Waals surface area contributed by atoms with Crippen molar-refractivity contribution in [3.8, 4) is 0 Å². The third kappa shape index (κ3) is 2.81. The molecule has 1 aromatic heterocycles. The SMILES string of the molecule is CCC[NH+]1CCN(C(=O)c2oc3c(ccc4ccccc43)c2C)CC1. The average molecular weight is 337 g/mol. The molecule has 0 spiro atoms. The fraction of sp³-hybridized carbons (Fsp3) is 0.381. The van der Waals surface area contributed by atoms with Crippen LogP contribution in [0.2, 0.25) is 0 Å². The van der Waals surface area contributed by atoms with Crippen molar-refractivity contribution in [1.29, 1.82) is 0 Å². The van der Waals surface area contributed by atoms with Crippen LogP contribution in [0, 0.1) is 6.92 Å². The van der Waals surface area contributed by atoms with Gasteiger partial charge in [-0.05, 0) is 18.7 Å². The van der Waals surface area contributed by atoms with E-state index in [1.165, 1.54) is 13.0 Å². The molecule has 1 aliphatic heterocycles. The molecule has 0 unspecified atom stereocenters. The van der Waals surface area contributed by atoms with Crippen LogP contribution in [0.15, 0.2) is 40.8 Å². The van der Waals surface area contributed by atoms with E-state index in [0.717, 1.165) is 53.5 Å². The first-order valence-corrected chi connectivity index (χ1v) is 9.22. The Balaban J connectivity index is 1.66. The number of carbonyl (C=O) groups is 1. The first-order valence-electron chi connectivity index (χ1n) is 9.22. The number of nitrogens with one attached hydrogen (secondary N) is 1. The summed E-state index contributed by atoms with van der Waals surface area (Å²) in [6.45, 7) is 9.08. The van der Waals surface area contributed by atoms with E-state index in [-0.39, 0.29) is 5.91 Å². The lowest BCUT2D eigenvalue weighted by atomic mass is 10.1. The summed E-state index contributed by atoms with van der Waals surface area (Å²) in [6.07, 6.45) is 1.19.